The van der Waals surface area contributed by atoms with Crippen molar-refractivity contribution < 1.29 is 9.47 Å². The highest BCUT2D eigenvalue weighted by Crippen LogP contribution is 2.32. The lowest BCUT2D eigenvalue weighted by Crippen LogP contribution is -2.28. The fraction of sp³-hybridized carbons (Fsp3) is 0.417. The van der Waals surface area contributed by atoms with Gasteiger partial charge in [-0.05, 0) is 37.7 Å². The Labute approximate surface area is 107 Å². The number of aryl methyl sites for hydroxylation is 1. The average molecular weight is 254 g/mol. The van der Waals surface area contributed by atoms with Crippen LogP contribution in [0.25, 0.3) is 0 Å². The molecule has 5 heteroatoms. The number of anilines is 1. The Hall–Kier alpha value is -1.49. The molecule has 0 saturated carbocycles. The van der Waals surface area contributed by atoms with E-state index in [0.717, 1.165) is 17.8 Å². The lowest BCUT2D eigenvalue weighted by molar-refractivity contribution is 0.355. The Morgan fingerprint density at radius 2 is 1.82 bits per heavy atom. The lowest BCUT2D eigenvalue weighted by Gasteiger charge is -2.15. The molecule has 0 fully saturated rings. The average Bonchev–Trinajstić information content (AvgIpc) is 2.31. The zero-order valence-electron chi connectivity index (χ0n) is 10.6. The van der Waals surface area contributed by atoms with Crippen LogP contribution in [0.3, 0.4) is 0 Å². The van der Waals surface area contributed by atoms with Crippen molar-refractivity contribution in [2.45, 2.75) is 13.8 Å². The molecule has 4 nitrogen and oxygen atoms in total. The van der Waals surface area contributed by atoms with Crippen molar-refractivity contribution in [1.82, 2.24) is 5.32 Å². The van der Waals surface area contributed by atoms with Gasteiger partial charge >= 0.3 is 0 Å². The van der Waals surface area contributed by atoms with Crippen LogP contribution in [0.2, 0.25) is 0 Å². The largest absolute Gasteiger partial charge is 0.493 e. The van der Waals surface area contributed by atoms with E-state index < -0.39 is 0 Å². The van der Waals surface area contributed by atoms with Crippen molar-refractivity contribution in [1.29, 1.82) is 0 Å². The van der Waals surface area contributed by atoms with Gasteiger partial charge in [-0.15, -0.1) is 0 Å². The van der Waals surface area contributed by atoms with E-state index in [9.17, 15) is 0 Å². The summed E-state index contributed by atoms with van der Waals surface area (Å²) in [6, 6.07) is 3.79. The van der Waals surface area contributed by atoms with Crippen LogP contribution in [-0.2, 0) is 0 Å². The molecule has 0 saturated heterocycles. The maximum Gasteiger partial charge on any atom is 0.170 e. The molecule has 94 valence electrons. The third-order valence-electron chi connectivity index (χ3n) is 2.32. The molecule has 0 aliphatic heterocycles. The Morgan fingerprint density at radius 1 is 1.24 bits per heavy atom. The van der Waals surface area contributed by atoms with E-state index in [1.807, 2.05) is 26.0 Å². The molecule has 0 heterocycles. The highest BCUT2D eigenvalue weighted by atomic mass is 32.1. The van der Waals surface area contributed by atoms with Gasteiger partial charge in [-0.25, -0.2) is 0 Å². The van der Waals surface area contributed by atoms with E-state index in [0.29, 0.717) is 16.6 Å². The molecule has 0 aliphatic carbocycles. The molecule has 1 aromatic rings. The minimum absolute atomic E-state index is 0.600. The van der Waals surface area contributed by atoms with Gasteiger partial charge in [0, 0.05) is 18.3 Å². The first-order valence-electron chi connectivity index (χ1n) is 5.39. The van der Waals surface area contributed by atoms with Gasteiger partial charge in [0.25, 0.3) is 0 Å². The van der Waals surface area contributed by atoms with Crippen molar-refractivity contribution >= 4 is 23.0 Å². The topological polar surface area (TPSA) is 42.5 Å². The SMILES string of the molecule is CCNC(=S)Nc1cc(OC)c(OC)cc1C. The summed E-state index contributed by atoms with van der Waals surface area (Å²) in [6.45, 7) is 4.77. The smallest absolute Gasteiger partial charge is 0.170 e. The Bertz CT molecular complexity index is 408. The van der Waals surface area contributed by atoms with E-state index in [1.54, 1.807) is 14.2 Å². The third kappa shape index (κ3) is 3.49. The molecule has 0 spiro atoms. The maximum atomic E-state index is 5.24. The molecule has 1 rings (SSSR count). The fourth-order valence-electron chi connectivity index (χ4n) is 1.44. The van der Waals surface area contributed by atoms with Gasteiger partial charge in [-0.2, -0.15) is 0 Å². The summed E-state index contributed by atoms with van der Waals surface area (Å²) < 4.78 is 10.5. The van der Waals surface area contributed by atoms with Crippen LogP contribution in [0.5, 0.6) is 11.5 Å². The Morgan fingerprint density at radius 3 is 2.35 bits per heavy atom. The van der Waals surface area contributed by atoms with Crippen molar-refractivity contribution in [3.63, 3.8) is 0 Å². The molecule has 2 N–H and O–H groups in total. The molecule has 0 amide bonds. The monoisotopic (exact) mass is 254 g/mol. The molecule has 0 aliphatic rings. The van der Waals surface area contributed by atoms with Crippen LogP contribution in [0, 0.1) is 6.92 Å². The number of methoxy groups -OCH3 is 2. The van der Waals surface area contributed by atoms with Gasteiger partial charge in [0.1, 0.15) is 0 Å². The minimum atomic E-state index is 0.600. The number of rotatable bonds is 4. The van der Waals surface area contributed by atoms with Gasteiger partial charge in [0.05, 0.1) is 14.2 Å². The summed E-state index contributed by atoms with van der Waals surface area (Å²) in [7, 11) is 3.23. The van der Waals surface area contributed by atoms with Gasteiger partial charge in [-0.3, -0.25) is 0 Å². The predicted octanol–water partition coefficient (Wildman–Crippen LogP) is 2.32. The van der Waals surface area contributed by atoms with Gasteiger partial charge in [0.2, 0.25) is 0 Å². The molecule has 0 bridgehead atoms. The molecular formula is C12H18N2O2S. The third-order valence-corrected chi connectivity index (χ3v) is 2.56. The van der Waals surface area contributed by atoms with E-state index in [1.165, 1.54) is 0 Å². The van der Waals surface area contributed by atoms with Gasteiger partial charge in [-0.1, -0.05) is 0 Å². The molecule has 0 radical (unpaired) electrons. The van der Waals surface area contributed by atoms with E-state index in [-0.39, 0.29) is 0 Å². The summed E-state index contributed by atoms with van der Waals surface area (Å²) in [5.41, 5.74) is 1.96. The number of benzene rings is 1. The molecule has 17 heavy (non-hydrogen) atoms. The zero-order valence-corrected chi connectivity index (χ0v) is 11.4. The first kappa shape index (κ1) is 13.6. The lowest BCUT2D eigenvalue weighted by atomic mass is 10.1. The fourth-order valence-corrected chi connectivity index (χ4v) is 1.70. The molecule has 0 aromatic heterocycles. The second-order valence-corrected chi connectivity index (χ2v) is 3.91. The van der Waals surface area contributed by atoms with E-state index in [4.69, 9.17) is 21.7 Å². The van der Waals surface area contributed by atoms with Crippen LogP contribution < -0.4 is 20.1 Å². The Kier molecular flexibility index (Phi) is 5.03. The second kappa shape index (κ2) is 6.30. The first-order chi connectivity index (χ1) is 8.12. The van der Waals surface area contributed by atoms with Crippen LogP contribution in [0.1, 0.15) is 12.5 Å². The molecular weight excluding hydrogens is 236 g/mol. The summed E-state index contributed by atoms with van der Waals surface area (Å²) in [5.74, 6) is 1.39. The van der Waals surface area contributed by atoms with Crippen LogP contribution in [-0.4, -0.2) is 25.9 Å². The summed E-state index contributed by atoms with van der Waals surface area (Å²) in [4.78, 5) is 0. The summed E-state index contributed by atoms with van der Waals surface area (Å²) in [6.07, 6.45) is 0. The number of ether oxygens (including phenoxy) is 2. The molecule has 0 unspecified atom stereocenters. The van der Waals surface area contributed by atoms with Crippen LogP contribution >= 0.6 is 12.2 Å². The number of thiocarbonyl (C=S) groups is 1. The van der Waals surface area contributed by atoms with Crippen molar-refractivity contribution in [2.75, 3.05) is 26.1 Å². The van der Waals surface area contributed by atoms with Crippen molar-refractivity contribution in [3.8, 4) is 11.5 Å². The predicted molar refractivity (Wildman–Crippen MR) is 74.2 cm³/mol. The normalized spacial score (nSPS) is 9.65. The number of hydrogen-bond acceptors (Lipinski definition) is 3. The number of hydrogen-bond donors (Lipinski definition) is 2. The van der Waals surface area contributed by atoms with Crippen molar-refractivity contribution in [2.24, 2.45) is 0 Å². The van der Waals surface area contributed by atoms with Gasteiger partial charge in [0.15, 0.2) is 16.6 Å². The van der Waals surface area contributed by atoms with E-state index in [2.05, 4.69) is 10.6 Å². The maximum absolute atomic E-state index is 5.24. The number of nitrogens with one attached hydrogen (secondary N) is 2. The molecule has 1 aromatic carbocycles. The van der Waals surface area contributed by atoms with Crippen LogP contribution in [0.4, 0.5) is 5.69 Å². The standard InChI is InChI=1S/C12H18N2O2S/c1-5-13-12(17)14-9-7-11(16-4)10(15-3)6-8(9)2/h6-7H,5H2,1-4H3,(H2,13,14,17). The highest BCUT2D eigenvalue weighted by Gasteiger charge is 2.09. The summed E-state index contributed by atoms with van der Waals surface area (Å²) in [5, 5.41) is 6.76. The molecule has 0 atom stereocenters. The van der Waals surface area contributed by atoms with E-state index >= 15 is 0 Å². The second-order valence-electron chi connectivity index (χ2n) is 3.51. The minimum Gasteiger partial charge on any atom is -0.493 e. The highest BCUT2D eigenvalue weighted by molar-refractivity contribution is 7.80. The van der Waals surface area contributed by atoms with Crippen LogP contribution in [0.15, 0.2) is 12.1 Å². The first-order valence-corrected chi connectivity index (χ1v) is 5.80. The van der Waals surface area contributed by atoms with Gasteiger partial charge < -0.3 is 20.1 Å². The Balaban J connectivity index is 2.96. The quantitative estimate of drug-likeness (QED) is 0.807. The van der Waals surface area contributed by atoms with Crippen molar-refractivity contribution in [3.05, 3.63) is 17.7 Å². The summed E-state index contributed by atoms with van der Waals surface area (Å²) >= 11 is 5.14. The zero-order chi connectivity index (χ0) is 12.8.